The Hall–Kier alpha value is -4.06. The minimum atomic E-state index is 0.578. The van der Waals surface area contributed by atoms with Crippen LogP contribution in [-0.2, 0) is 0 Å². The quantitative estimate of drug-likeness (QED) is 0.112. The van der Waals surface area contributed by atoms with E-state index in [1.54, 1.807) is 35.5 Å². The number of hydrogen-bond donors (Lipinski definition) is 0. The molecule has 0 aliphatic carbocycles. The summed E-state index contributed by atoms with van der Waals surface area (Å²) < 4.78 is 33.7. The van der Waals surface area contributed by atoms with Gasteiger partial charge in [0.2, 0.25) is 11.5 Å². The van der Waals surface area contributed by atoms with Crippen LogP contribution in [0.1, 0.15) is 74.1 Å². The number of rotatable bonds is 18. The van der Waals surface area contributed by atoms with Crippen LogP contribution in [0.4, 0.5) is 0 Å². The Morgan fingerprint density at radius 3 is 1.24 bits per heavy atom. The van der Waals surface area contributed by atoms with Crippen LogP contribution in [0.3, 0.4) is 0 Å². The molecule has 0 saturated heterocycles. The predicted molar refractivity (Wildman–Crippen MR) is 173 cm³/mol. The third-order valence-electron chi connectivity index (χ3n) is 7.04. The van der Waals surface area contributed by atoms with E-state index >= 15 is 0 Å². The van der Waals surface area contributed by atoms with Crippen molar-refractivity contribution in [2.24, 2.45) is 0 Å². The zero-order valence-electron chi connectivity index (χ0n) is 26.0. The molecule has 0 atom stereocenters. The zero-order valence-corrected chi connectivity index (χ0v) is 26.0. The molecule has 226 valence electrons. The first-order chi connectivity index (χ1) is 20.6. The van der Waals surface area contributed by atoms with Crippen molar-refractivity contribution in [2.75, 3.05) is 42.2 Å². The van der Waals surface area contributed by atoms with Crippen LogP contribution in [0, 0.1) is 0 Å². The van der Waals surface area contributed by atoms with Gasteiger partial charge in [0.1, 0.15) is 0 Å². The van der Waals surface area contributed by atoms with E-state index in [9.17, 15) is 0 Å². The summed E-state index contributed by atoms with van der Waals surface area (Å²) in [6.45, 7) is 2.89. The fourth-order valence-corrected chi connectivity index (χ4v) is 4.67. The van der Waals surface area contributed by atoms with Crippen molar-refractivity contribution in [2.45, 2.75) is 51.9 Å². The maximum Gasteiger partial charge on any atom is 0.203 e. The Balaban J connectivity index is 1.64. The van der Waals surface area contributed by atoms with E-state index in [0.29, 0.717) is 41.1 Å². The highest BCUT2D eigenvalue weighted by Crippen LogP contribution is 2.40. The second kappa shape index (κ2) is 17.7. The average molecular weight is 575 g/mol. The van der Waals surface area contributed by atoms with Crippen LogP contribution in [0.5, 0.6) is 34.5 Å². The van der Waals surface area contributed by atoms with Gasteiger partial charge >= 0.3 is 0 Å². The molecule has 0 aliphatic rings. The van der Waals surface area contributed by atoms with Crippen molar-refractivity contribution in [1.29, 1.82) is 0 Å². The highest BCUT2D eigenvalue weighted by atomic mass is 16.5. The summed E-state index contributed by atoms with van der Waals surface area (Å²) in [4.78, 5) is 0. The van der Waals surface area contributed by atoms with E-state index in [1.807, 2.05) is 36.4 Å². The van der Waals surface area contributed by atoms with E-state index in [4.69, 9.17) is 28.4 Å². The van der Waals surface area contributed by atoms with Gasteiger partial charge in [-0.15, -0.1) is 0 Å². The highest BCUT2D eigenvalue weighted by Gasteiger charge is 2.14. The lowest BCUT2D eigenvalue weighted by Crippen LogP contribution is -2.02. The van der Waals surface area contributed by atoms with Gasteiger partial charge in [-0.05, 0) is 52.9 Å². The number of unbranched alkanes of at least 4 members (excludes halogenated alkanes) is 6. The van der Waals surface area contributed by atoms with Crippen LogP contribution in [0.2, 0.25) is 0 Å². The number of ether oxygens (including phenoxy) is 6. The van der Waals surface area contributed by atoms with Gasteiger partial charge in [-0.3, -0.25) is 0 Å². The molecule has 0 saturated carbocycles. The first-order valence-corrected chi connectivity index (χ1v) is 14.7. The largest absolute Gasteiger partial charge is 0.493 e. The van der Waals surface area contributed by atoms with Crippen LogP contribution in [0.25, 0.3) is 24.3 Å². The van der Waals surface area contributed by atoms with E-state index in [0.717, 1.165) is 28.7 Å². The molecule has 3 aromatic carbocycles. The number of benzene rings is 3. The van der Waals surface area contributed by atoms with Gasteiger partial charge in [-0.2, -0.15) is 0 Å². The highest BCUT2D eigenvalue weighted by molar-refractivity contribution is 5.75. The van der Waals surface area contributed by atoms with Gasteiger partial charge in [-0.25, -0.2) is 0 Å². The maximum absolute atomic E-state index is 6.10. The first-order valence-electron chi connectivity index (χ1n) is 14.7. The summed E-state index contributed by atoms with van der Waals surface area (Å²) in [5.74, 6) is 3.82. The molecule has 42 heavy (non-hydrogen) atoms. The molecular formula is C36H46O6. The molecule has 0 fully saturated rings. The lowest BCUT2D eigenvalue weighted by Gasteiger charge is -2.15. The molecule has 3 rings (SSSR count). The van der Waals surface area contributed by atoms with Gasteiger partial charge in [0.25, 0.3) is 0 Å². The van der Waals surface area contributed by atoms with Crippen LogP contribution < -0.4 is 28.4 Å². The smallest absolute Gasteiger partial charge is 0.203 e. The van der Waals surface area contributed by atoms with E-state index in [1.165, 1.54) is 38.5 Å². The van der Waals surface area contributed by atoms with E-state index in [2.05, 4.69) is 43.3 Å². The molecule has 0 N–H and O–H groups in total. The molecule has 0 aliphatic heterocycles. The molecule has 0 aromatic heterocycles. The Labute approximate surface area is 251 Å². The molecule has 0 heterocycles. The topological polar surface area (TPSA) is 55.4 Å². The molecule has 6 heteroatoms. The summed E-state index contributed by atoms with van der Waals surface area (Å²) in [5.41, 5.74) is 4.08. The average Bonchev–Trinajstić information content (AvgIpc) is 3.03. The molecule has 6 nitrogen and oxygen atoms in total. The van der Waals surface area contributed by atoms with Crippen LogP contribution in [-0.4, -0.2) is 42.2 Å². The summed E-state index contributed by atoms with van der Waals surface area (Å²) in [7, 11) is 8.15. The lowest BCUT2D eigenvalue weighted by atomic mass is 10.1. The van der Waals surface area contributed by atoms with Crippen molar-refractivity contribution in [3.05, 3.63) is 70.8 Å². The SMILES string of the molecule is CCCCCCCCCOc1c(OC)cc(/C=C/c2ccc(/C=C/c3cc(OC)c(OC)c(OC)c3)cc2)cc1OC. The van der Waals surface area contributed by atoms with Gasteiger partial charge < -0.3 is 28.4 Å². The summed E-state index contributed by atoms with van der Waals surface area (Å²) in [5, 5.41) is 0. The molecule has 0 bridgehead atoms. The first kappa shape index (κ1) is 32.5. The lowest BCUT2D eigenvalue weighted by molar-refractivity contribution is 0.267. The second-order valence-corrected chi connectivity index (χ2v) is 10.0. The molecule has 0 amide bonds. The van der Waals surface area contributed by atoms with E-state index in [-0.39, 0.29) is 0 Å². The fourth-order valence-electron chi connectivity index (χ4n) is 4.67. The Kier molecular flexibility index (Phi) is 13.7. The Morgan fingerprint density at radius 2 is 0.833 bits per heavy atom. The minimum Gasteiger partial charge on any atom is -0.493 e. The van der Waals surface area contributed by atoms with Gasteiger partial charge in [0.15, 0.2) is 23.0 Å². The zero-order chi connectivity index (χ0) is 30.2. The predicted octanol–water partition coefficient (Wildman–Crippen LogP) is 9.20. The summed E-state index contributed by atoms with van der Waals surface area (Å²) in [6.07, 6.45) is 16.9. The van der Waals surface area contributed by atoms with E-state index < -0.39 is 0 Å². The Bertz CT molecular complexity index is 1240. The summed E-state index contributed by atoms with van der Waals surface area (Å²) >= 11 is 0. The molecule has 0 spiro atoms. The van der Waals surface area contributed by atoms with Crippen molar-refractivity contribution < 1.29 is 28.4 Å². The van der Waals surface area contributed by atoms with Crippen molar-refractivity contribution in [1.82, 2.24) is 0 Å². The second-order valence-electron chi connectivity index (χ2n) is 10.0. The van der Waals surface area contributed by atoms with Gasteiger partial charge in [-0.1, -0.05) is 94.0 Å². The third kappa shape index (κ3) is 9.51. The molecule has 0 radical (unpaired) electrons. The van der Waals surface area contributed by atoms with Gasteiger partial charge in [0, 0.05) is 0 Å². The van der Waals surface area contributed by atoms with Gasteiger partial charge in [0.05, 0.1) is 42.2 Å². The summed E-state index contributed by atoms with van der Waals surface area (Å²) in [6, 6.07) is 16.1. The molecule has 3 aromatic rings. The number of hydrogen-bond acceptors (Lipinski definition) is 6. The Morgan fingerprint density at radius 1 is 0.452 bits per heavy atom. The van der Waals surface area contributed by atoms with Crippen LogP contribution in [0.15, 0.2) is 48.5 Å². The van der Waals surface area contributed by atoms with Crippen LogP contribution >= 0.6 is 0 Å². The monoisotopic (exact) mass is 574 g/mol. The third-order valence-corrected chi connectivity index (χ3v) is 7.04. The molecule has 0 unspecified atom stereocenters. The van der Waals surface area contributed by atoms with Crippen molar-refractivity contribution in [3.63, 3.8) is 0 Å². The maximum atomic E-state index is 6.10. The standard InChI is InChI=1S/C36H46O6/c1-7-8-9-10-11-12-13-22-42-36-33(39-4)25-30(26-34(36)40-5)21-19-28-16-14-27(15-17-28)18-20-29-23-31(37-2)35(41-6)32(24-29)38-3/h14-21,23-26H,7-13,22H2,1-6H3/b20-18+,21-19+. The van der Waals surface area contributed by atoms with Crippen molar-refractivity contribution >= 4 is 24.3 Å². The molecular weight excluding hydrogens is 528 g/mol. The normalized spacial score (nSPS) is 11.2. The number of methoxy groups -OCH3 is 5. The minimum absolute atomic E-state index is 0.578. The fraction of sp³-hybridized carbons (Fsp3) is 0.389. The van der Waals surface area contributed by atoms with Crippen molar-refractivity contribution in [3.8, 4) is 34.5 Å².